The summed E-state index contributed by atoms with van der Waals surface area (Å²) >= 11 is 5.15. The average molecular weight is 248 g/mol. The molecule has 1 aromatic heterocycles. The monoisotopic (exact) mass is 248 g/mol. The highest BCUT2D eigenvalue weighted by atomic mass is 32.1. The lowest BCUT2D eigenvalue weighted by Crippen LogP contribution is -2.33. The molecule has 0 aliphatic carbocycles. The molecule has 0 unspecified atom stereocenters. The number of rotatable bonds is 3. The second-order valence-electron chi connectivity index (χ2n) is 3.16. The lowest BCUT2D eigenvalue weighted by Gasteiger charge is -2.16. The van der Waals surface area contributed by atoms with Crippen LogP contribution in [0.15, 0.2) is 53.6 Å². The molecule has 0 atom stereocenters. The van der Waals surface area contributed by atoms with Gasteiger partial charge < -0.3 is 4.90 Å². The number of thiocarbonyl (C=S) groups is 1. The van der Waals surface area contributed by atoms with E-state index in [-0.39, 0.29) is 5.56 Å². The third-order valence-corrected chi connectivity index (χ3v) is 2.43. The Morgan fingerprint density at radius 2 is 2.12 bits per heavy atom. The van der Waals surface area contributed by atoms with Crippen molar-refractivity contribution in [3.63, 3.8) is 0 Å². The number of allylic oxidation sites excluding steroid dienone is 3. The minimum Gasteiger partial charge on any atom is -0.328 e. The topological polar surface area (TPSA) is 42.3 Å². The molecule has 1 aromatic rings. The third kappa shape index (κ3) is 3.81. The Balaban J connectivity index is 2.81. The maximum absolute atomic E-state index is 11.5. The van der Waals surface area contributed by atoms with Crippen molar-refractivity contribution in [2.75, 3.05) is 7.05 Å². The van der Waals surface area contributed by atoms with Gasteiger partial charge in [0, 0.05) is 25.5 Å². The molecule has 1 heterocycles. The van der Waals surface area contributed by atoms with Crippen molar-refractivity contribution in [1.82, 2.24) is 9.47 Å². The second-order valence-corrected chi connectivity index (χ2v) is 3.53. The fourth-order valence-electron chi connectivity index (χ4n) is 1.11. The summed E-state index contributed by atoms with van der Waals surface area (Å²) in [5.74, 6) is 0. The first kappa shape index (κ1) is 13.1. The molecule has 0 bridgehead atoms. The van der Waals surface area contributed by atoms with Crippen LogP contribution >= 0.6 is 12.2 Å². The van der Waals surface area contributed by atoms with E-state index in [2.05, 4.69) is 0 Å². The van der Waals surface area contributed by atoms with E-state index in [0.717, 1.165) is 0 Å². The zero-order valence-electron chi connectivity index (χ0n) is 9.32. The summed E-state index contributed by atoms with van der Waals surface area (Å²) in [6.45, 7) is 0. The van der Waals surface area contributed by atoms with E-state index < -0.39 is 0 Å². The van der Waals surface area contributed by atoms with Crippen LogP contribution in [-0.2, 0) is 4.79 Å². The van der Waals surface area contributed by atoms with Crippen molar-refractivity contribution in [1.29, 1.82) is 0 Å². The first-order valence-electron chi connectivity index (χ1n) is 4.90. The minimum atomic E-state index is -0.179. The predicted octanol–water partition coefficient (Wildman–Crippen LogP) is 1.18. The van der Waals surface area contributed by atoms with Gasteiger partial charge >= 0.3 is 0 Å². The van der Waals surface area contributed by atoms with E-state index in [0.29, 0.717) is 11.4 Å². The number of carbonyl (C=O) groups is 1. The van der Waals surface area contributed by atoms with Crippen LogP contribution in [0.2, 0.25) is 0 Å². The molecule has 0 saturated heterocycles. The van der Waals surface area contributed by atoms with Crippen molar-refractivity contribution < 1.29 is 4.79 Å². The summed E-state index contributed by atoms with van der Waals surface area (Å²) in [5, 5.41) is 0.367. The maximum atomic E-state index is 11.5. The highest BCUT2D eigenvalue weighted by Gasteiger charge is 2.03. The van der Waals surface area contributed by atoms with Gasteiger partial charge in [0.2, 0.25) is 0 Å². The Morgan fingerprint density at radius 1 is 1.35 bits per heavy atom. The van der Waals surface area contributed by atoms with E-state index in [1.54, 1.807) is 48.6 Å². The maximum Gasteiger partial charge on any atom is 0.256 e. The Labute approximate surface area is 104 Å². The van der Waals surface area contributed by atoms with Gasteiger partial charge in [0.1, 0.15) is 6.29 Å². The van der Waals surface area contributed by atoms with Gasteiger partial charge in [0.15, 0.2) is 5.11 Å². The minimum absolute atomic E-state index is 0.179. The molecule has 4 nitrogen and oxygen atoms in total. The highest BCUT2D eigenvalue weighted by molar-refractivity contribution is 7.80. The van der Waals surface area contributed by atoms with Gasteiger partial charge in [-0.3, -0.25) is 14.2 Å². The van der Waals surface area contributed by atoms with Gasteiger partial charge in [0.05, 0.1) is 0 Å². The first-order valence-corrected chi connectivity index (χ1v) is 5.31. The first-order chi connectivity index (χ1) is 8.16. The molecule has 0 fully saturated rings. The molecule has 0 spiro atoms. The molecule has 0 aliphatic rings. The summed E-state index contributed by atoms with van der Waals surface area (Å²) in [6.07, 6.45) is 8.57. The van der Waals surface area contributed by atoms with Crippen LogP contribution in [-0.4, -0.2) is 27.9 Å². The predicted molar refractivity (Wildman–Crippen MR) is 70.8 cm³/mol. The summed E-state index contributed by atoms with van der Waals surface area (Å²) < 4.78 is 1.36. The number of aldehydes is 1. The molecule has 5 heteroatoms. The fourth-order valence-corrected chi connectivity index (χ4v) is 1.32. The zero-order chi connectivity index (χ0) is 12.7. The summed E-state index contributed by atoms with van der Waals surface area (Å²) in [4.78, 5) is 23.2. The van der Waals surface area contributed by atoms with Gasteiger partial charge in [-0.2, -0.15) is 0 Å². The zero-order valence-corrected chi connectivity index (χ0v) is 10.1. The molecule has 0 saturated carbocycles. The van der Waals surface area contributed by atoms with Crippen molar-refractivity contribution in [3.05, 3.63) is 59.2 Å². The third-order valence-electron chi connectivity index (χ3n) is 1.94. The molecule has 88 valence electrons. The van der Waals surface area contributed by atoms with Gasteiger partial charge in [-0.25, -0.2) is 0 Å². The number of nitrogens with zero attached hydrogens (tertiary/aromatic N) is 2. The van der Waals surface area contributed by atoms with Crippen LogP contribution < -0.4 is 5.56 Å². The molecule has 0 aromatic carbocycles. The van der Waals surface area contributed by atoms with Crippen LogP contribution in [0.3, 0.4) is 0 Å². The number of carbonyl (C=O) groups excluding carboxylic acids is 1. The Kier molecular flexibility index (Phi) is 5.03. The molecule has 0 radical (unpaired) electrons. The summed E-state index contributed by atoms with van der Waals surface area (Å²) in [5.41, 5.74) is -0.179. The SMILES string of the molecule is CN(/C=C\C=C/C=O)C(=S)n1ccccc1=O. The van der Waals surface area contributed by atoms with Crippen LogP contribution in [0, 0.1) is 0 Å². The van der Waals surface area contributed by atoms with Crippen LogP contribution in [0.1, 0.15) is 0 Å². The Morgan fingerprint density at radius 3 is 2.76 bits per heavy atom. The van der Waals surface area contributed by atoms with Gasteiger partial charge in [-0.1, -0.05) is 12.1 Å². The van der Waals surface area contributed by atoms with Crippen LogP contribution in [0.25, 0.3) is 0 Å². The van der Waals surface area contributed by atoms with E-state index in [4.69, 9.17) is 12.2 Å². The quantitative estimate of drug-likeness (QED) is 0.349. The normalized spacial score (nSPS) is 10.9. The summed E-state index contributed by atoms with van der Waals surface area (Å²) in [6, 6.07) is 4.83. The van der Waals surface area contributed by atoms with Gasteiger partial charge in [0.25, 0.3) is 5.56 Å². The Hall–Kier alpha value is -2.01. The number of hydrogen-bond donors (Lipinski definition) is 0. The molecular weight excluding hydrogens is 236 g/mol. The van der Waals surface area contributed by atoms with Crippen LogP contribution in [0.5, 0.6) is 0 Å². The molecule has 17 heavy (non-hydrogen) atoms. The Bertz CT molecular complexity index is 517. The number of pyridine rings is 1. The van der Waals surface area contributed by atoms with E-state index in [1.165, 1.54) is 16.7 Å². The highest BCUT2D eigenvalue weighted by Crippen LogP contribution is 1.93. The molecular formula is C12H12N2O2S. The fraction of sp³-hybridized carbons (Fsp3) is 0.0833. The summed E-state index contributed by atoms with van der Waals surface area (Å²) in [7, 11) is 1.73. The van der Waals surface area contributed by atoms with Crippen molar-refractivity contribution in [2.24, 2.45) is 0 Å². The molecule has 0 N–H and O–H groups in total. The van der Waals surface area contributed by atoms with Gasteiger partial charge in [-0.15, -0.1) is 0 Å². The largest absolute Gasteiger partial charge is 0.328 e. The van der Waals surface area contributed by atoms with E-state index in [9.17, 15) is 9.59 Å². The molecule has 0 amide bonds. The van der Waals surface area contributed by atoms with E-state index >= 15 is 0 Å². The second kappa shape index (κ2) is 6.55. The number of aromatic nitrogens is 1. The molecule has 0 aliphatic heterocycles. The standard InChI is InChI=1S/C12H12N2O2S/c1-13(8-4-2-6-10-15)12(17)14-9-5-3-7-11(14)16/h2-10H,1H3/b6-2-,8-4-. The van der Waals surface area contributed by atoms with Crippen molar-refractivity contribution in [2.45, 2.75) is 0 Å². The number of hydrogen-bond acceptors (Lipinski definition) is 3. The van der Waals surface area contributed by atoms with Crippen molar-refractivity contribution >= 4 is 23.6 Å². The van der Waals surface area contributed by atoms with Crippen LogP contribution in [0.4, 0.5) is 0 Å². The van der Waals surface area contributed by atoms with Gasteiger partial charge in [-0.05, 0) is 30.4 Å². The van der Waals surface area contributed by atoms with E-state index in [1.807, 2.05) is 0 Å². The molecule has 1 rings (SSSR count). The average Bonchev–Trinajstić information content (AvgIpc) is 2.34. The smallest absolute Gasteiger partial charge is 0.256 e. The van der Waals surface area contributed by atoms with Crippen molar-refractivity contribution in [3.8, 4) is 0 Å². The lowest BCUT2D eigenvalue weighted by molar-refractivity contribution is -0.104. The lowest BCUT2D eigenvalue weighted by atomic mass is 10.5.